The van der Waals surface area contributed by atoms with E-state index in [2.05, 4.69) is 5.32 Å². The predicted molar refractivity (Wildman–Crippen MR) is 67.2 cm³/mol. The second kappa shape index (κ2) is 5.83. The monoisotopic (exact) mass is 287 g/mol. The van der Waals surface area contributed by atoms with E-state index >= 15 is 0 Å². The van der Waals surface area contributed by atoms with Crippen molar-refractivity contribution in [1.82, 2.24) is 5.32 Å². The van der Waals surface area contributed by atoms with Gasteiger partial charge in [0.1, 0.15) is 0 Å². The summed E-state index contributed by atoms with van der Waals surface area (Å²) >= 11 is 0. The molecule has 1 aliphatic heterocycles. The van der Waals surface area contributed by atoms with Crippen molar-refractivity contribution in [2.24, 2.45) is 5.92 Å². The van der Waals surface area contributed by atoms with Gasteiger partial charge in [-0.25, -0.2) is 0 Å². The first-order valence-corrected chi connectivity index (χ1v) is 6.48. The molecular formula is C14H16F3NO2. The topological polar surface area (TPSA) is 49.3 Å². The maximum absolute atomic E-state index is 12.5. The van der Waals surface area contributed by atoms with E-state index in [-0.39, 0.29) is 18.4 Å². The Balaban J connectivity index is 2.05. The van der Waals surface area contributed by atoms with Crippen LogP contribution in [0.2, 0.25) is 0 Å². The number of nitrogens with one attached hydrogen (secondary N) is 1. The molecule has 0 aliphatic carbocycles. The van der Waals surface area contributed by atoms with Crippen molar-refractivity contribution in [3.8, 4) is 0 Å². The highest BCUT2D eigenvalue weighted by atomic mass is 19.4. The first-order valence-electron chi connectivity index (χ1n) is 6.48. The average molecular weight is 287 g/mol. The van der Waals surface area contributed by atoms with Gasteiger partial charge >= 0.3 is 12.1 Å². The zero-order valence-corrected chi connectivity index (χ0v) is 10.8. The molecule has 3 nitrogen and oxygen atoms in total. The van der Waals surface area contributed by atoms with E-state index in [0.717, 1.165) is 24.1 Å². The molecule has 110 valence electrons. The standard InChI is InChI=1S/C14H16F3NO2/c15-14(16,17)11-3-1-10(2-4-11)12-7-9(5-6-18-12)8-13(19)20/h1-4,9,12,18H,5-8H2,(H,19,20)/t9-,12+/m0/s1. The second-order valence-electron chi connectivity index (χ2n) is 5.11. The fraction of sp³-hybridized carbons (Fsp3) is 0.500. The number of halogens is 3. The summed E-state index contributed by atoms with van der Waals surface area (Å²) in [6.07, 6.45) is -2.80. The van der Waals surface area contributed by atoms with E-state index in [1.165, 1.54) is 12.1 Å². The van der Waals surface area contributed by atoms with Gasteiger partial charge in [-0.2, -0.15) is 13.2 Å². The number of benzene rings is 1. The largest absolute Gasteiger partial charge is 0.481 e. The summed E-state index contributed by atoms with van der Waals surface area (Å²) in [5.41, 5.74) is 0.104. The molecule has 2 N–H and O–H groups in total. The molecule has 1 heterocycles. The minimum atomic E-state index is -4.33. The molecule has 1 aliphatic rings. The summed E-state index contributed by atoms with van der Waals surface area (Å²) in [5, 5.41) is 12.0. The van der Waals surface area contributed by atoms with Crippen molar-refractivity contribution in [2.45, 2.75) is 31.5 Å². The third kappa shape index (κ3) is 3.72. The summed E-state index contributed by atoms with van der Waals surface area (Å²) in [6.45, 7) is 0.684. The van der Waals surface area contributed by atoms with Gasteiger partial charge in [0.15, 0.2) is 0 Å². The first kappa shape index (κ1) is 14.8. The summed E-state index contributed by atoms with van der Waals surface area (Å²) in [6, 6.07) is 4.98. The van der Waals surface area contributed by atoms with Gasteiger partial charge in [-0.1, -0.05) is 12.1 Å². The van der Waals surface area contributed by atoms with Crippen LogP contribution in [0.4, 0.5) is 13.2 Å². The maximum Gasteiger partial charge on any atom is 0.416 e. The predicted octanol–water partition coefficient (Wildman–Crippen LogP) is 3.22. The second-order valence-corrected chi connectivity index (χ2v) is 5.11. The fourth-order valence-electron chi connectivity index (χ4n) is 2.59. The molecule has 0 radical (unpaired) electrons. The Labute approximate surface area is 114 Å². The first-order chi connectivity index (χ1) is 9.36. The molecule has 2 atom stereocenters. The lowest BCUT2D eigenvalue weighted by molar-refractivity contribution is -0.139. The van der Waals surface area contributed by atoms with Gasteiger partial charge < -0.3 is 10.4 Å². The van der Waals surface area contributed by atoms with Crippen LogP contribution >= 0.6 is 0 Å². The normalized spacial score (nSPS) is 23.6. The SMILES string of the molecule is O=C(O)C[C@H]1CCN[C@@H](c2ccc(C(F)(F)F)cc2)C1. The van der Waals surface area contributed by atoms with Crippen molar-refractivity contribution in [3.05, 3.63) is 35.4 Å². The van der Waals surface area contributed by atoms with E-state index in [4.69, 9.17) is 5.11 Å². The number of alkyl halides is 3. The molecule has 6 heteroatoms. The summed E-state index contributed by atoms with van der Waals surface area (Å²) < 4.78 is 37.5. The van der Waals surface area contributed by atoms with Gasteiger partial charge in [-0.15, -0.1) is 0 Å². The van der Waals surface area contributed by atoms with Crippen LogP contribution in [-0.2, 0) is 11.0 Å². The van der Waals surface area contributed by atoms with Crippen LogP contribution in [0, 0.1) is 5.92 Å². The minimum Gasteiger partial charge on any atom is -0.481 e. The smallest absolute Gasteiger partial charge is 0.416 e. The number of aliphatic carboxylic acids is 1. The Morgan fingerprint density at radius 1 is 1.30 bits per heavy atom. The van der Waals surface area contributed by atoms with E-state index in [1.54, 1.807) is 0 Å². The number of hydrogen-bond donors (Lipinski definition) is 2. The van der Waals surface area contributed by atoms with E-state index < -0.39 is 17.7 Å². The molecule has 0 unspecified atom stereocenters. The fourth-order valence-corrected chi connectivity index (χ4v) is 2.59. The number of carboxylic acid groups (broad SMARTS) is 1. The summed E-state index contributed by atoms with van der Waals surface area (Å²) in [7, 11) is 0. The van der Waals surface area contributed by atoms with Crippen LogP contribution in [-0.4, -0.2) is 17.6 Å². The van der Waals surface area contributed by atoms with E-state index in [1.807, 2.05) is 0 Å². The quantitative estimate of drug-likeness (QED) is 0.897. The summed E-state index contributed by atoms with van der Waals surface area (Å²) in [5.74, 6) is -0.760. The van der Waals surface area contributed by atoms with Crippen molar-refractivity contribution >= 4 is 5.97 Å². The molecular weight excluding hydrogens is 271 g/mol. The number of hydrogen-bond acceptors (Lipinski definition) is 2. The van der Waals surface area contributed by atoms with Crippen LogP contribution in [0.5, 0.6) is 0 Å². The van der Waals surface area contributed by atoms with Crippen molar-refractivity contribution in [2.75, 3.05) is 6.54 Å². The highest BCUT2D eigenvalue weighted by Gasteiger charge is 2.31. The molecule has 0 aromatic heterocycles. The molecule has 0 amide bonds. The van der Waals surface area contributed by atoms with Gasteiger partial charge in [0.25, 0.3) is 0 Å². The van der Waals surface area contributed by atoms with Crippen molar-refractivity contribution in [3.63, 3.8) is 0 Å². The third-order valence-electron chi connectivity index (χ3n) is 3.62. The van der Waals surface area contributed by atoms with Crippen molar-refractivity contribution in [1.29, 1.82) is 0 Å². The zero-order chi connectivity index (χ0) is 14.8. The Bertz CT molecular complexity index is 470. The molecule has 1 fully saturated rings. The molecule has 2 rings (SSSR count). The number of piperidine rings is 1. The molecule has 20 heavy (non-hydrogen) atoms. The highest BCUT2D eigenvalue weighted by Crippen LogP contribution is 2.32. The molecule has 0 saturated carbocycles. The number of carboxylic acids is 1. The van der Waals surface area contributed by atoms with Crippen LogP contribution in [0.25, 0.3) is 0 Å². The summed E-state index contributed by atoms with van der Waals surface area (Å²) in [4.78, 5) is 10.7. The van der Waals surface area contributed by atoms with Gasteiger partial charge in [-0.05, 0) is 43.0 Å². The Morgan fingerprint density at radius 2 is 1.95 bits per heavy atom. The molecule has 1 aromatic rings. The lowest BCUT2D eigenvalue weighted by atomic mass is 9.86. The van der Waals surface area contributed by atoms with Gasteiger partial charge in [-0.3, -0.25) is 4.79 Å². The Morgan fingerprint density at radius 3 is 2.50 bits per heavy atom. The average Bonchev–Trinajstić information content (AvgIpc) is 2.37. The highest BCUT2D eigenvalue weighted by molar-refractivity contribution is 5.67. The lowest BCUT2D eigenvalue weighted by Gasteiger charge is -2.30. The van der Waals surface area contributed by atoms with Crippen LogP contribution in [0.15, 0.2) is 24.3 Å². The number of rotatable bonds is 3. The molecule has 1 saturated heterocycles. The van der Waals surface area contributed by atoms with Crippen LogP contribution in [0.3, 0.4) is 0 Å². The van der Waals surface area contributed by atoms with Gasteiger partial charge in [0, 0.05) is 12.5 Å². The minimum absolute atomic E-state index is 0.0704. The van der Waals surface area contributed by atoms with Crippen molar-refractivity contribution < 1.29 is 23.1 Å². The van der Waals surface area contributed by atoms with Crippen LogP contribution < -0.4 is 5.32 Å². The van der Waals surface area contributed by atoms with Gasteiger partial charge in [0.2, 0.25) is 0 Å². The van der Waals surface area contributed by atoms with Crippen LogP contribution in [0.1, 0.15) is 36.4 Å². The number of carbonyl (C=O) groups is 1. The molecule has 1 aromatic carbocycles. The maximum atomic E-state index is 12.5. The van der Waals surface area contributed by atoms with E-state index in [9.17, 15) is 18.0 Å². The van der Waals surface area contributed by atoms with Gasteiger partial charge in [0.05, 0.1) is 5.56 Å². The Hall–Kier alpha value is -1.56. The zero-order valence-electron chi connectivity index (χ0n) is 10.8. The third-order valence-corrected chi connectivity index (χ3v) is 3.62. The molecule has 0 spiro atoms. The molecule has 0 bridgehead atoms. The lowest BCUT2D eigenvalue weighted by Crippen LogP contribution is -2.32. The Kier molecular flexibility index (Phi) is 4.32. The van der Waals surface area contributed by atoms with E-state index in [0.29, 0.717) is 13.0 Å².